The van der Waals surface area contributed by atoms with Crippen molar-refractivity contribution in [2.75, 3.05) is 7.11 Å². The molecule has 5 nitrogen and oxygen atoms in total. The topological polar surface area (TPSA) is 52.3 Å². The maximum Gasteiger partial charge on any atom is 0.226 e. The highest BCUT2D eigenvalue weighted by Crippen LogP contribution is 2.27. The first kappa shape index (κ1) is 14.0. The number of hydrogen-bond acceptors (Lipinski definition) is 4. The van der Waals surface area contributed by atoms with Crippen molar-refractivity contribution < 1.29 is 4.74 Å². The van der Waals surface area contributed by atoms with Gasteiger partial charge in [-0.3, -0.25) is 0 Å². The van der Waals surface area contributed by atoms with Gasteiger partial charge in [0.05, 0.1) is 12.6 Å². The van der Waals surface area contributed by atoms with E-state index in [1.165, 1.54) is 0 Å². The number of aromatic nitrogens is 4. The number of methoxy groups -OCH3 is 1. The number of fused-ring (bicyclic) bond motifs is 3. The van der Waals surface area contributed by atoms with Gasteiger partial charge in [-0.15, -0.1) is 5.10 Å². The summed E-state index contributed by atoms with van der Waals surface area (Å²) in [5.41, 5.74) is 3.47. The molecule has 0 saturated heterocycles. The zero-order valence-electron chi connectivity index (χ0n) is 12.6. The summed E-state index contributed by atoms with van der Waals surface area (Å²) in [4.78, 5) is 9.09. The Kier molecular flexibility index (Phi) is 3.16. The fourth-order valence-electron chi connectivity index (χ4n) is 2.67. The van der Waals surface area contributed by atoms with Crippen molar-refractivity contribution in [3.8, 4) is 17.1 Å². The smallest absolute Gasteiger partial charge is 0.226 e. The van der Waals surface area contributed by atoms with E-state index >= 15 is 0 Å². The lowest BCUT2D eigenvalue weighted by Crippen LogP contribution is -1.96. The van der Waals surface area contributed by atoms with Crippen LogP contribution in [0.15, 0.2) is 42.5 Å². The molecule has 0 N–H and O–H groups in total. The van der Waals surface area contributed by atoms with E-state index in [-0.39, 0.29) is 0 Å². The normalized spacial score (nSPS) is 11.3. The number of ether oxygens (including phenoxy) is 1. The minimum absolute atomic E-state index is 0.291. The molecule has 2 aromatic carbocycles. The monoisotopic (exact) mass is 324 g/mol. The Bertz CT molecular complexity index is 1040. The molecule has 0 spiro atoms. The third-order valence-electron chi connectivity index (χ3n) is 3.80. The summed E-state index contributed by atoms with van der Waals surface area (Å²) in [5, 5.41) is 5.75. The second kappa shape index (κ2) is 5.21. The Morgan fingerprint density at radius 1 is 1.09 bits per heavy atom. The molecule has 114 valence electrons. The van der Waals surface area contributed by atoms with Gasteiger partial charge in [-0.25, -0.2) is 9.97 Å². The van der Waals surface area contributed by atoms with Gasteiger partial charge >= 0.3 is 0 Å². The van der Waals surface area contributed by atoms with Crippen molar-refractivity contribution in [2.45, 2.75) is 6.92 Å². The first-order valence-electron chi connectivity index (χ1n) is 7.13. The summed E-state index contributed by atoms with van der Waals surface area (Å²) in [6, 6.07) is 13.5. The summed E-state index contributed by atoms with van der Waals surface area (Å²) < 4.78 is 6.84. The molecule has 0 aliphatic heterocycles. The molecule has 6 heteroatoms. The molecule has 0 fully saturated rings. The van der Waals surface area contributed by atoms with Crippen LogP contribution in [0.5, 0.6) is 5.75 Å². The number of aryl methyl sites for hydroxylation is 1. The number of benzene rings is 2. The van der Waals surface area contributed by atoms with Gasteiger partial charge in [0.25, 0.3) is 0 Å². The van der Waals surface area contributed by atoms with Crippen molar-refractivity contribution in [3.63, 3.8) is 0 Å². The molecular formula is C17H13ClN4O. The zero-order valence-corrected chi connectivity index (χ0v) is 13.4. The van der Waals surface area contributed by atoms with Gasteiger partial charge in [0.1, 0.15) is 5.75 Å². The van der Waals surface area contributed by atoms with E-state index in [9.17, 15) is 0 Å². The van der Waals surface area contributed by atoms with Crippen LogP contribution in [0.25, 0.3) is 27.9 Å². The van der Waals surface area contributed by atoms with Crippen LogP contribution in [0.4, 0.5) is 0 Å². The summed E-state index contributed by atoms with van der Waals surface area (Å²) in [7, 11) is 1.63. The first-order valence-corrected chi connectivity index (χ1v) is 7.51. The Morgan fingerprint density at radius 3 is 2.74 bits per heavy atom. The molecule has 0 aliphatic carbocycles. The van der Waals surface area contributed by atoms with Crippen molar-refractivity contribution in [1.29, 1.82) is 0 Å². The van der Waals surface area contributed by atoms with Gasteiger partial charge in [0, 0.05) is 10.9 Å². The average Bonchev–Trinajstić information content (AvgIpc) is 3.01. The lowest BCUT2D eigenvalue weighted by molar-refractivity contribution is 0.415. The van der Waals surface area contributed by atoms with Gasteiger partial charge in [0.15, 0.2) is 11.5 Å². The standard InChI is InChI=1S/C17H13ClN4O/c1-10-5-3-8-13-14(10)16-20-15(21-22(16)17(18)19-13)11-6-4-7-12(9-11)23-2/h3-9H,1-2H3. The quantitative estimate of drug-likeness (QED) is 0.524. The lowest BCUT2D eigenvalue weighted by atomic mass is 10.1. The second-order valence-corrected chi connectivity index (χ2v) is 5.59. The van der Waals surface area contributed by atoms with E-state index in [2.05, 4.69) is 15.1 Å². The van der Waals surface area contributed by atoms with Crippen molar-refractivity contribution in [1.82, 2.24) is 19.6 Å². The molecular weight excluding hydrogens is 312 g/mol. The maximum absolute atomic E-state index is 6.27. The average molecular weight is 325 g/mol. The van der Waals surface area contributed by atoms with Crippen molar-refractivity contribution in [2.24, 2.45) is 0 Å². The molecule has 2 heterocycles. The highest BCUT2D eigenvalue weighted by atomic mass is 35.5. The van der Waals surface area contributed by atoms with Crippen LogP contribution in [-0.2, 0) is 0 Å². The second-order valence-electron chi connectivity index (χ2n) is 5.25. The molecule has 0 bridgehead atoms. The molecule has 23 heavy (non-hydrogen) atoms. The van der Waals surface area contributed by atoms with Crippen LogP contribution in [0.1, 0.15) is 5.56 Å². The van der Waals surface area contributed by atoms with Crippen LogP contribution >= 0.6 is 11.6 Å². The summed E-state index contributed by atoms with van der Waals surface area (Å²) in [5.74, 6) is 1.34. The van der Waals surface area contributed by atoms with E-state index in [1.54, 1.807) is 11.6 Å². The molecule has 2 aromatic heterocycles. The summed E-state index contributed by atoms with van der Waals surface area (Å²) in [6.07, 6.45) is 0. The van der Waals surface area contributed by atoms with Gasteiger partial charge in [-0.05, 0) is 42.3 Å². The Morgan fingerprint density at radius 2 is 1.91 bits per heavy atom. The van der Waals surface area contributed by atoms with E-state index in [1.807, 2.05) is 49.4 Å². The van der Waals surface area contributed by atoms with E-state index in [0.29, 0.717) is 16.8 Å². The van der Waals surface area contributed by atoms with Crippen LogP contribution in [-0.4, -0.2) is 26.7 Å². The first-order chi connectivity index (χ1) is 11.2. The number of rotatable bonds is 2. The maximum atomic E-state index is 6.27. The van der Waals surface area contributed by atoms with Gasteiger partial charge < -0.3 is 4.74 Å². The minimum Gasteiger partial charge on any atom is -0.497 e. The Labute approximate surface area is 137 Å². The SMILES string of the molecule is COc1cccc(-c2nc3c4c(C)cccc4nc(Cl)n3n2)c1. The van der Waals surface area contributed by atoms with Crippen LogP contribution < -0.4 is 4.74 Å². The van der Waals surface area contributed by atoms with Crippen molar-refractivity contribution >= 4 is 28.2 Å². The van der Waals surface area contributed by atoms with Crippen LogP contribution in [0, 0.1) is 6.92 Å². The van der Waals surface area contributed by atoms with Gasteiger partial charge in [-0.1, -0.05) is 24.3 Å². The Balaban J connectivity index is 2.04. The molecule has 0 radical (unpaired) electrons. The molecule has 4 rings (SSSR count). The molecule has 0 unspecified atom stereocenters. The van der Waals surface area contributed by atoms with Crippen molar-refractivity contribution in [3.05, 3.63) is 53.3 Å². The molecule has 4 aromatic rings. The van der Waals surface area contributed by atoms with E-state index in [4.69, 9.17) is 16.3 Å². The third-order valence-corrected chi connectivity index (χ3v) is 4.04. The van der Waals surface area contributed by atoms with Crippen LogP contribution in [0.3, 0.4) is 0 Å². The molecule has 0 atom stereocenters. The molecule has 0 aliphatic rings. The number of hydrogen-bond donors (Lipinski definition) is 0. The summed E-state index contributed by atoms with van der Waals surface area (Å²) >= 11 is 6.27. The number of nitrogens with zero attached hydrogens (tertiary/aromatic N) is 4. The highest BCUT2D eigenvalue weighted by molar-refractivity contribution is 6.29. The van der Waals surface area contributed by atoms with Gasteiger partial charge in [0.2, 0.25) is 5.28 Å². The third kappa shape index (κ3) is 2.21. The predicted octanol–water partition coefficient (Wildman–Crippen LogP) is 3.91. The molecule has 0 amide bonds. The van der Waals surface area contributed by atoms with Crippen LogP contribution in [0.2, 0.25) is 5.28 Å². The van der Waals surface area contributed by atoms with E-state index < -0.39 is 0 Å². The molecule has 0 saturated carbocycles. The highest BCUT2D eigenvalue weighted by Gasteiger charge is 2.15. The summed E-state index contributed by atoms with van der Waals surface area (Å²) in [6.45, 7) is 2.03. The van der Waals surface area contributed by atoms with Gasteiger partial charge in [-0.2, -0.15) is 4.52 Å². The fraction of sp³-hybridized carbons (Fsp3) is 0.118. The zero-order chi connectivity index (χ0) is 16.0. The van der Waals surface area contributed by atoms with E-state index in [0.717, 1.165) is 27.8 Å². The Hall–Kier alpha value is -2.66. The predicted molar refractivity (Wildman–Crippen MR) is 90.0 cm³/mol. The largest absolute Gasteiger partial charge is 0.497 e. The minimum atomic E-state index is 0.291. The number of halogens is 1. The lowest BCUT2D eigenvalue weighted by Gasteiger charge is -2.03. The fourth-order valence-corrected chi connectivity index (χ4v) is 2.88.